The normalized spacial score (nSPS) is 10.4. The largest absolute Gasteiger partial charge is 0.294 e. The maximum atomic E-state index is 13.3. The van der Waals surface area contributed by atoms with Gasteiger partial charge in [0.1, 0.15) is 5.82 Å². The van der Waals surface area contributed by atoms with Crippen molar-refractivity contribution in [1.82, 2.24) is 0 Å². The summed E-state index contributed by atoms with van der Waals surface area (Å²) in [5, 5.41) is 0. The molecule has 0 aliphatic rings. The van der Waals surface area contributed by atoms with Crippen LogP contribution in [0.4, 0.5) is 4.39 Å². The Morgan fingerprint density at radius 1 is 1.17 bits per heavy atom. The van der Waals surface area contributed by atoms with Gasteiger partial charge in [-0.25, -0.2) is 4.39 Å². The fraction of sp³-hybridized carbons (Fsp3) is 0.133. The molecular weight excluding hydrogens is 295 g/mol. The summed E-state index contributed by atoms with van der Waals surface area (Å²) in [4.78, 5) is 12.0. The van der Waals surface area contributed by atoms with Crippen molar-refractivity contribution in [3.63, 3.8) is 0 Å². The highest BCUT2D eigenvalue weighted by Crippen LogP contribution is 2.22. The third-order valence-corrected chi connectivity index (χ3v) is 3.64. The molecule has 18 heavy (non-hydrogen) atoms. The van der Waals surface area contributed by atoms with Gasteiger partial charge in [-0.3, -0.25) is 4.79 Å². The van der Waals surface area contributed by atoms with Crippen LogP contribution in [-0.4, -0.2) is 5.78 Å². The molecule has 0 saturated heterocycles. The number of ketones is 1. The standard InChI is InChI=1S/C15H12BrFO/c1-10-5-7-11(8-6-10)14(18)9-12-3-2-4-13(17)15(12)16/h2-8H,9H2,1H3. The van der Waals surface area contributed by atoms with Gasteiger partial charge in [0.2, 0.25) is 0 Å². The molecule has 0 saturated carbocycles. The lowest BCUT2D eigenvalue weighted by atomic mass is 10.0. The number of hydrogen-bond donors (Lipinski definition) is 0. The Morgan fingerprint density at radius 3 is 2.50 bits per heavy atom. The fourth-order valence-electron chi connectivity index (χ4n) is 1.70. The first kappa shape index (κ1) is 13.0. The highest BCUT2D eigenvalue weighted by Gasteiger charge is 2.11. The predicted octanol–water partition coefficient (Wildman–Crippen LogP) is 4.32. The van der Waals surface area contributed by atoms with Gasteiger partial charge in [-0.05, 0) is 34.5 Å². The number of carbonyl (C=O) groups is 1. The summed E-state index contributed by atoms with van der Waals surface area (Å²) in [6.45, 7) is 1.97. The minimum Gasteiger partial charge on any atom is -0.294 e. The summed E-state index contributed by atoms with van der Waals surface area (Å²) >= 11 is 3.17. The quantitative estimate of drug-likeness (QED) is 0.772. The van der Waals surface area contributed by atoms with Crippen molar-refractivity contribution >= 4 is 21.7 Å². The van der Waals surface area contributed by atoms with Crippen molar-refractivity contribution in [2.45, 2.75) is 13.3 Å². The van der Waals surface area contributed by atoms with Gasteiger partial charge in [0.15, 0.2) is 5.78 Å². The monoisotopic (exact) mass is 306 g/mol. The number of rotatable bonds is 3. The van der Waals surface area contributed by atoms with Crippen LogP contribution in [0.15, 0.2) is 46.9 Å². The summed E-state index contributed by atoms with van der Waals surface area (Å²) in [5.74, 6) is -0.356. The summed E-state index contributed by atoms with van der Waals surface area (Å²) in [6, 6.07) is 12.1. The van der Waals surface area contributed by atoms with Crippen molar-refractivity contribution < 1.29 is 9.18 Å². The first-order valence-electron chi connectivity index (χ1n) is 5.60. The molecule has 1 nitrogen and oxygen atoms in total. The molecule has 0 aromatic heterocycles. The van der Waals surface area contributed by atoms with Crippen LogP contribution in [0.5, 0.6) is 0 Å². The number of carbonyl (C=O) groups excluding carboxylic acids is 1. The summed E-state index contributed by atoms with van der Waals surface area (Å²) in [6.07, 6.45) is 0.196. The van der Waals surface area contributed by atoms with E-state index in [1.54, 1.807) is 24.3 Å². The predicted molar refractivity (Wildman–Crippen MR) is 73.3 cm³/mol. The van der Waals surface area contributed by atoms with Gasteiger partial charge in [-0.15, -0.1) is 0 Å². The lowest BCUT2D eigenvalue weighted by Crippen LogP contribution is -2.04. The van der Waals surface area contributed by atoms with E-state index in [1.807, 2.05) is 19.1 Å². The molecule has 0 amide bonds. The molecule has 0 aliphatic heterocycles. The third kappa shape index (κ3) is 2.85. The molecule has 2 rings (SSSR count). The second-order valence-corrected chi connectivity index (χ2v) is 4.97. The first-order chi connectivity index (χ1) is 8.58. The Hall–Kier alpha value is -1.48. The summed E-state index contributed by atoms with van der Waals surface area (Å²) in [7, 11) is 0. The topological polar surface area (TPSA) is 17.1 Å². The zero-order valence-corrected chi connectivity index (χ0v) is 11.5. The molecule has 3 heteroatoms. The van der Waals surface area contributed by atoms with Crippen LogP contribution in [-0.2, 0) is 6.42 Å². The van der Waals surface area contributed by atoms with Gasteiger partial charge in [0, 0.05) is 12.0 Å². The van der Waals surface area contributed by atoms with Crippen LogP contribution in [0.3, 0.4) is 0 Å². The maximum absolute atomic E-state index is 13.3. The highest BCUT2D eigenvalue weighted by molar-refractivity contribution is 9.10. The second-order valence-electron chi connectivity index (χ2n) is 4.18. The average Bonchev–Trinajstić information content (AvgIpc) is 2.36. The van der Waals surface area contributed by atoms with E-state index in [9.17, 15) is 9.18 Å². The van der Waals surface area contributed by atoms with Crippen LogP contribution >= 0.6 is 15.9 Å². The van der Waals surface area contributed by atoms with Gasteiger partial charge in [0.05, 0.1) is 4.47 Å². The lowest BCUT2D eigenvalue weighted by molar-refractivity contribution is 0.0993. The second kappa shape index (κ2) is 5.44. The smallest absolute Gasteiger partial charge is 0.167 e. The molecule has 0 radical (unpaired) electrons. The Bertz CT molecular complexity index is 576. The Morgan fingerprint density at radius 2 is 1.83 bits per heavy atom. The molecule has 0 fully saturated rings. The zero-order chi connectivity index (χ0) is 13.1. The van der Waals surface area contributed by atoms with E-state index in [4.69, 9.17) is 0 Å². The van der Waals surface area contributed by atoms with Crippen LogP contribution < -0.4 is 0 Å². The van der Waals surface area contributed by atoms with Crippen molar-refractivity contribution in [3.05, 3.63) is 69.4 Å². The zero-order valence-electron chi connectivity index (χ0n) is 9.91. The van der Waals surface area contributed by atoms with Crippen molar-refractivity contribution in [1.29, 1.82) is 0 Å². The Balaban J connectivity index is 2.21. The summed E-state index contributed by atoms with van der Waals surface area (Å²) < 4.78 is 13.7. The number of Topliss-reactive ketones (excluding diaryl/α,β-unsaturated/α-hetero) is 1. The van der Waals surface area contributed by atoms with Crippen LogP contribution in [0, 0.1) is 12.7 Å². The molecule has 92 valence electrons. The van der Waals surface area contributed by atoms with E-state index in [-0.39, 0.29) is 18.0 Å². The molecular formula is C15H12BrFO. The molecule has 2 aromatic carbocycles. The van der Waals surface area contributed by atoms with E-state index in [1.165, 1.54) is 6.07 Å². The molecule has 0 heterocycles. The summed E-state index contributed by atoms with van der Waals surface area (Å²) in [5.41, 5.74) is 2.43. The maximum Gasteiger partial charge on any atom is 0.167 e. The van der Waals surface area contributed by atoms with E-state index in [0.717, 1.165) is 5.56 Å². The lowest BCUT2D eigenvalue weighted by Gasteiger charge is -2.05. The van der Waals surface area contributed by atoms with Crippen molar-refractivity contribution in [2.24, 2.45) is 0 Å². The molecule has 0 spiro atoms. The molecule has 0 N–H and O–H groups in total. The van der Waals surface area contributed by atoms with Crippen LogP contribution in [0.2, 0.25) is 0 Å². The Labute approximate surface area is 114 Å². The number of aryl methyl sites for hydroxylation is 1. The van der Waals surface area contributed by atoms with Gasteiger partial charge in [0.25, 0.3) is 0 Å². The minimum absolute atomic E-state index is 0.0127. The van der Waals surface area contributed by atoms with Crippen LogP contribution in [0.1, 0.15) is 21.5 Å². The Kier molecular flexibility index (Phi) is 3.92. The van der Waals surface area contributed by atoms with Gasteiger partial charge in [-0.1, -0.05) is 42.0 Å². The minimum atomic E-state index is -0.343. The van der Waals surface area contributed by atoms with E-state index in [0.29, 0.717) is 15.6 Å². The molecule has 0 atom stereocenters. The molecule has 0 bridgehead atoms. The van der Waals surface area contributed by atoms with Gasteiger partial charge >= 0.3 is 0 Å². The highest BCUT2D eigenvalue weighted by atomic mass is 79.9. The SMILES string of the molecule is Cc1ccc(C(=O)Cc2cccc(F)c2Br)cc1. The van der Waals surface area contributed by atoms with Crippen molar-refractivity contribution in [2.75, 3.05) is 0 Å². The van der Waals surface area contributed by atoms with E-state index >= 15 is 0 Å². The molecule has 0 unspecified atom stereocenters. The molecule has 0 aliphatic carbocycles. The third-order valence-electron chi connectivity index (χ3n) is 2.76. The average molecular weight is 307 g/mol. The molecule has 2 aromatic rings. The van der Waals surface area contributed by atoms with Gasteiger partial charge in [-0.2, -0.15) is 0 Å². The number of benzene rings is 2. The van der Waals surface area contributed by atoms with E-state index in [2.05, 4.69) is 15.9 Å². The van der Waals surface area contributed by atoms with Crippen LogP contribution in [0.25, 0.3) is 0 Å². The number of halogens is 2. The number of hydrogen-bond acceptors (Lipinski definition) is 1. The van der Waals surface area contributed by atoms with Crippen molar-refractivity contribution in [3.8, 4) is 0 Å². The van der Waals surface area contributed by atoms with E-state index < -0.39 is 0 Å². The first-order valence-corrected chi connectivity index (χ1v) is 6.40. The van der Waals surface area contributed by atoms with Gasteiger partial charge < -0.3 is 0 Å². The fourth-order valence-corrected chi connectivity index (χ4v) is 2.10.